The van der Waals surface area contributed by atoms with Crippen molar-refractivity contribution in [2.75, 3.05) is 0 Å². The van der Waals surface area contributed by atoms with Crippen molar-refractivity contribution >= 4 is 11.9 Å². The van der Waals surface area contributed by atoms with E-state index in [2.05, 4.69) is 30.8 Å². The monoisotopic (exact) mass is 227 g/mol. The number of nitrogens with two attached hydrogens (primary N) is 3. The fourth-order valence-corrected chi connectivity index (χ4v) is 1.57. The highest BCUT2D eigenvalue weighted by molar-refractivity contribution is 5.92. The molecule has 0 aromatic carbocycles. The molecule has 0 aliphatic rings. The maximum absolute atomic E-state index is 5.63. The molecule has 0 radical (unpaired) electrons. The Balaban J connectivity index is 4.44. The van der Waals surface area contributed by atoms with Gasteiger partial charge in [-0.05, 0) is 18.8 Å². The number of hydrogen-bond acceptors (Lipinski definition) is 1. The van der Waals surface area contributed by atoms with E-state index in [4.69, 9.17) is 17.2 Å². The van der Waals surface area contributed by atoms with E-state index in [1.165, 1.54) is 0 Å². The topological polar surface area (TPSA) is 103 Å². The zero-order chi connectivity index (χ0) is 12.6. The van der Waals surface area contributed by atoms with Crippen LogP contribution < -0.4 is 17.2 Å². The normalized spacial score (nSPS) is 13.9. The second kappa shape index (κ2) is 7.96. The molecule has 0 amide bonds. The summed E-state index contributed by atoms with van der Waals surface area (Å²) in [6.07, 6.45) is 4.36. The molecule has 0 aromatic rings. The van der Waals surface area contributed by atoms with Gasteiger partial charge in [0.1, 0.15) is 0 Å². The SMILES string of the molecule is CCCCC(CC(C)C)N=C(N)N=C(N)N. The Morgan fingerprint density at radius 2 is 1.81 bits per heavy atom. The van der Waals surface area contributed by atoms with Gasteiger partial charge in [0.2, 0.25) is 5.96 Å². The minimum absolute atomic E-state index is 0.0416. The molecule has 5 heteroatoms. The smallest absolute Gasteiger partial charge is 0.218 e. The lowest BCUT2D eigenvalue weighted by molar-refractivity contribution is 0.462. The van der Waals surface area contributed by atoms with Crippen molar-refractivity contribution in [3.63, 3.8) is 0 Å². The molecule has 5 nitrogen and oxygen atoms in total. The molecule has 0 saturated heterocycles. The molecule has 0 saturated carbocycles. The lowest BCUT2D eigenvalue weighted by Gasteiger charge is -2.14. The van der Waals surface area contributed by atoms with Crippen LogP contribution in [0.25, 0.3) is 0 Å². The van der Waals surface area contributed by atoms with Gasteiger partial charge < -0.3 is 17.2 Å². The molecule has 94 valence electrons. The Hall–Kier alpha value is -1.26. The highest BCUT2D eigenvalue weighted by atomic mass is 15.1. The van der Waals surface area contributed by atoms with Gasteiger partial charge in [0.15, 0.2) is 5.96 Å². The molecule has 0 aliphatic carbocycles. The van der Waals surface area contributed by atoms with Crippen LogP contribution in [0.5, 0.6) is 0 Å². The van der Waals surface area contributed by atoms with E-state index in [9.17, 15) is 0 Å². The van der Waals surface area contributed by atoms with Gasteiger partial charge in [-0.1, -0.05) is 33.6 Å². The van der Waals surface area contributed by atoms with Crippen molar-refractivity contribution in [2.45, 2.75) is 52.5 Å². The molecular formula is C11H25N5. The highest BCUT2D eigenvalue weighted by Crippen LogP contribution is 2.14. The van der Waals surface area contributed by atoms with Gasteiger partial charge in [-0.3, -0.25) is 0 Å². The van der Waals surface area contributed by atoms with Gasteiger partial charge in [-0.15, -0.1) is 0 Å². The summed E-state index contributed by atoms with van der Waals surface area (Å²) in [5, 5.41) is 0. The van der Waals surface area contributed by atoms with Crippen molar-refractivity contribution in [3.05, 3.63) is 0 Å². The van der Waals surface area contributed by atoms with Crippen LogP contribution in [-0.2, 0) is 0 Å². The summed E-state index contributed by atoms with van der Waals surface area (Å²) in [5.74, 6) is 0.736. The molecule has 0 aromatic heterocycles. The predicted molar refractivity (Wildman–Crippen MR) is 70.2 cm³/mol. The average molecular weight is 227 g/mol. The molecule has 16 heavy (non-hydrogen) atoms. The molecule has 0 spiro atoms. The number of guanidine groups is 2. The average Bonchev–Trinajstić information content (AvgIpc) is 2.11. The van der Waals surface area contributed by atoms with Gasteiger partial charge in [-0.25, -0.2) is 4.99 Å². The highest BCUT2D eigenvalue weighted by Gasteiger charge is 2.09. The number of unbranched alkanes of at least 4 members (excludes halogenated alkanes) is 1. The van der Waals surface area contributed by atoms with Crippen LogP contribution >= 0.6 is 0 Å². The molecule has 0 bridgehead atoms. The molecular weight excluding hydrogens is 202 g/mol. The molecule has 0 aliphatic heterocycles. The number of aliphatic imine (C=N–C) groups is 2. The van der Waals surface area contributed by atoms with E-state index >= 15 is 0 Å². The zero-order valence-corrected chi connectivity index (χ0v) is 10.6. The minimum atomic E-state index is -0.0416. The molecule has 1 unspecified atom stereocenters. The fraction of sp³-hybridized carbons (Fsp3) is 0.818. The van der Waals surface area contributed by atoms with E-state index in [1.807, 2.05) is 0 Å². The summed E-state index contributed by atoms with van der Waals surface area (Å²) in [7, 11) is 0. The van der Waals surface area contributed by atoms with Crippen LogP contribution in [0.4, 0.5) is 0 Å². The van der Waals surface area contributed by atoms with E-state index in [-0.39, 0.29) is 18.0 Å². The molecule has 6 N–H and O–H groups in total. The first-order valence-electron chi connectivity index (χ1n) is 5.88. The molecule has 0 rings (SSSR count). The Labute approximate surface area is 98.2 Å². The zero-order valence-electron chi connectivity index (χ0n) is 10.6. The first-order valence-corrected chi connectivity index (χ1v) is 5.88. The first-order chi connectivity index (χ1) is 7.45. The van der Waals surface area contributed by atoms with E-state index < -0.39 is 0 Å². The van der Waals surface area contributed by atoms with E-state index in [1.54, 1.807) is 0 Å². The van der Waals surface area contributed by atoms with Crippen LogP contribution in [-0.4, -0.2) is 18.0 Å². The van der Waals surface area contributed by atoms with E-state index in [0.717, 1.165) is 25.7 Å². The largest absolute Gasteiger partial charge is 0.370 e. The predicted octanol–water partition coefficient (Wildman–Crippen LogP) is 1.18. The van der Waals surface area contributed by atoms with Gasteiger partial charge in [0.05, 0.1) is 6.04 Å². The minimum Gasteiger partial charge on any atom is -0.370 e. The lowest BCUT2D eigenvalue weighted by atomic mass is 10.00. The van der Waals surface area contributed by atoms with E-state index in [0.29, 0.717) is 5.92 Å². The number of hydrogen-bond donors (Lipinski definition) is 3. The summed E-state index contributed by atoms with van der Waals surface area (Å²) >= 11 is 0. The number of nitrogens with zero attached hydrogens (tertiary/aromatic N) is 2. The van der Waals surface area contributed by atoms with Gasteiger partial charge in [0.25, 0.3) is 0 Å². The summed E-state index contributed by atoms with van der Waals surface area (Å²) in [5.41, 5.74) is 16.1. The van der Waals surface area contributed by atoms with Crippen LogP contribution in [0, 0.1) is 5.92 Å². The quantitative estimate of drug-likeness (QED) is 0.469. The van der Waals surface area contributed by atoms with Crippen LogP contribution in [0.2, 0.25) is 0 Å². The van der Waals surface area contributed by atoms with Crippen molar-refractivity contribution in [1.29, 1.82) is 0 Å². The summed E-state index contributed by atoms with van der Waals surface area (Å²) in [4.78, 5) is 8.07. The number of rotatable bonds is 6. The Morgan fingerprint density at radius 1 is 1.19 bits per heavy atom. The van der Waals surface area contributed by atoms with Crippen LogP contribution in [0.3, 0.4) is 0 Å². The second-order valence-corrected chi connectivity index (χ2v) is 4.45. The van der Waals surface area contributed by atoms with Crippen LogP contribution in [0.1, 0.15) is 46.5 Å². The Kier molecular flexibility index (Phi) is 7.33. The van der Waals surface area contributed by atoms with Crippen molar-refractivity contribution in [3.8, 4) is 0 Å². The third-order valence-electron chi connectivity index (χ3n) is 2.19. The van der Waals surface area contributed by atoms with Gasteiger partial charge in [-0.2, -0.15) is 4.99 Å². The van der Waals surface area contributed by atoms with Gasteiger partial charge >= 0.3 is 0 Å². The van der Waals surface area contributed by atoms with Gasteiger partial charge in [0, 0.05) is 0 Å². The molecule has 1 atom stereocenters. The first kappa shape index (κ1) is 14.7. The second-order valence-electron chi connectivity index (χ2n) is 4.45. The van der Waals surface area contributed by atoms with Crippen molar-refractivity contribution in [1.82, 2.24) is 0 Å². The molecule has 0 fully saturated rings. The third kappa shape index (κ3) is 8.08. The van der Waals surface area contributed by atoms with Crippen molar-refractivity contribution < 1.29 is 0 Å². The Bertz CT molecular complexity index is 241. The Morgan fingerprint density at radius 3 is 2.25 bits per heavy atom. The summed E-state index contributed by atoms with van der Waals surface area (Å²) in [6.45, 7) is 6.51. The third-order valence-corrected chi connectivity index (χ3v) is 2.19. The standard InChI is InChI=1S/C11H25N5/c1-4-5-6-9(7-8(2)3)15-11(14)16-10(12)13/h8-9H,4-7H2,1-3H3,(H6,12,13,14,15,16). The maximum atomic E-state index is 5.63. The van der Waals surface area contributed by atoms with Crippen molar-refractivity contribution in [2.24, 2.45) is 33.1 Å². The maximum Gasteiger partial charge on any atom is 0.218 e. The van der Waals surface area contributed by atoms with Crippen LogP contribution in [0.15, 0.2) is 9.98 Å². The lowest BCUT2D eigenvalue weighted by Crippen LogP contribution is -2.27. The summed E-state index contributed by atoms with van der Waals surface area (Å²) < 4.78 is 0. The fourth-order valence-electron chi connectivity index (χ4n) is 1.57. The molecule has 0 heterocycles. The summed E-state index contributed by atoms with van der Waals surface area (Å²) in [6, 6.07) is 0.225.